The highest BCUT2D eigenvalue weighted by molar-refractivity contribution is 5.75. The Hall–Kier alpha value is -1.46. The Morgan fingerprint density at radius 2 is 2.00 bits per heavy atom. The third-order valence-corrected chi connectivity index (χ3v) is 5.05. The van der Waals surface area contributed by atoms with Gasteiger partial charge in [0, 0.05) is 18.0 Å². The second kappa shape index (κ2) is 5.39. The fourth-order valence-electron chi connectivity index (χ4n) is 4.03. The number of ether oxygens (including phenoxy) is 1. The average molecular weight is 293 g/mol. The lowest BCUT2D eigenvalue weighted by atomic mass is 9.76. The fourth-order valence-corrected chi connectivity index (χ4v) is 4.03. The first kappa shape index (κ1) is 14.5. The number of aliphatic hydroxyl groups excluding tert-OH is 1. The van der Waals surface area contributed by atoms with Gasteiger partial charge in [-0.25, -0.2) is 4.39 Å². The van der Waals surface area contributed by atoms with Crippen LogP contribution in [-0.4, -0.2) is 48.3 Å². The number of halogens is 1. The lowest BCUT2D eigenvalue weighted by Gasteiger charge is -2.42. The quantitative estimate of drug-likeness (QED) is 0.840. The summed E-state index contributed by atoms with van der Waals surface area (Å²) >= 11 is 0. The van der Waals surface area contributed by atoms with Crippen molar-refractivity contribution in [3.63, 3.8) is 0 Å². The van der Waals surface area contributed by atoms with Gasteiger partial charge in [-0.15, -0.1) is 0 Å². The third-order valence-electron chi connectivity index (χ3n) is 5.05. The number of methoxy groups -OCH3 is 1. The molecule has 0 spiro atoms. The zero-order chi connectivity index (χ0) is 15.1. The molecule has 2 aliphatic rings. The summed E-state index contributed by atoms with van der Waals surface area (Å²) in [4.78, 5) is 14.4. The van der Waals surface area contributed by atoms with E-state index in [2.05, 4.69) is 4.90 Å². The van der Waals surface area contributed by atoms with E-state index in [-0.39, 0.29) is 29.8 Å². The van der Waals surface area contributed by atoms with Crippen LogP contribution in [0.1, 0.15) is 24.3 Å². The molecule has 21 heavy (non-hydrogen) atoms. The van der Waals surface area contributed by atoms with Crippen molar-refractivity contribution < 1.29 is 19.0 Å². The molecule has 0 saturated carbocycles. The highest BCUT2D eigenvalue weighted by Crippen LogP contribution is 2.46. The molecule has 2 bridgehead atoms. The van der Waals surface area contributed by atoms with Gasteiger partial charge in [0.15, 0.2) is 0 Å². The normalized spacial score (nSPS) is 35.7. The summed E-state index contributed by atoms with van der Waals surface area (Å²) in [6.45, 7) is 0. The van der Waals surface area contributed by atoms with Crippen molar-refractivity contribution in [2.24, 2.45) is 5.92 Å². The van der Waals surface area contributed by atoms with E-state index in [1.165, 1.54) is 19.2 Å². The zero-order valence-electron chi connectivity index (χ0n) is 12.2. The van der Waals surface area contributed by atoms with Gasteiger partial charge in [0.05, 0.1) is 19.1 Å². The van der Waals surface area contributed by atoms with Crippen LogP contribution in [-0.2, 0) is 9.53 Å². The van der Waals surface area contributed by atoms with E-state index in [4.69, 9.17) is 4.74 Å². The van der Waals surface area contributed by atoms with Crippen LogP contribution < -0.4 is 0 Å². The Kier molecular flexibility index (Phi) is 3.71. The van der Waals surface area contributed by atoms with Crippen molar-refractivity contribution in [2.75, 3.05) is 14.2 Å². The third kappa shape index (κ3) is 2.34. The minimum atomic E-state index is -0.519. The number of hydrogen-bond acceptors (Lipinski definition) is 4. The smallest absolute Gasteiger partial charge is 0.310 e. The van der Waals surface area contributed by atoms with E-state index in [1.54, 1.807) is 12.1 Å². The molecular formula is C16H20FNO3. The molecule has 4 nitrogen and oxygen atoms in total. The Morgan fingerprint density at radius 3 is 2.62 bits per heavy atom. The van der Waals surface area contributed by atoms with Crippen LogP contribution in [0.25, 0.3) is 0 Å². The van der Waals surface area contributed by atoms with Crippen LogP contribution in [0.2, 0.25) is 0 Å². The van der Waals surface area contributed by atoms with Crippen molar-refractivity contribution in [3.8, 4) is 0 Å². The second-order valence-electron chi connectivity index (χ2n) is 6.06. The molecule has 2 heterocycles. The molecule has 2 aliphatic heterocycles. The summed E-state index contributed by atoms with van der Waals surface area (Å²) in [6.07, 6.45) is 0.927. The van der Waals surface area contributed by atoms with Crippen LogP contribution in [0.3, 0.4) is 0 Å². The number of nitrogens with zero attached hydrogens (tertiary/aromatic N) is 1. The molecule has 0 amide bonds. The highest BCUT2D eigenvalue weighted by Gasteiger charge is 2.53. The first-order valence-electron chi connectivity index (χ1n) is 7.26. The summed E-state index contributed by atoms with van der Waals surface area (Å²) in [5.41, 5.74) is 0.934. The largest absolute Gasteiger partial charge is 0.469 e. The molecule has 114 valence electrons. The van der Waals surface area contributed by atoms with Crippen LogP contribution in [0.15, 0.2) is 24.3 Å². The molecule has 2 fully saturated rings. The van der Waals surface area contributed by atoms with E-state index in [1.807, 2.05) is 7.05 Å². The number of hydrogen-bond donors (Lipinski definition) is 1. The lowest BCUT2D eigenvalue weighted by Crippen LogP contribution is -2.51. The van der Waals surface area contributed by atoms with Gasteiger partial charge in [-0.05, 0) is 37.6 Å². The van der Waals surface area contributed by atoms with E-state index in [0.717, 1.165) is 12.0 Å². The lowest BCUT2D eigenvalue weighted by molar-refractivity contribution is -0.151. The molecular weight excluding hydrogens is 273 g/mol. The van der Waals surface area contributed by atoms with E-state index < -0.39 is 12.0 Å². The minimum Gasteiger partial charge on any atom is -0.469 e. The molecule has 3 rings (SSSR count). The van der Waals surface area contributed by atoms with Crippen molar-refractivity contribution in [2.45, 2.75) is 36.9 Å². The van der Waals surface area contributed by atoms with Gasteiger partial charge in [-0.2, -0.15) is 0 Å². The molecule has 2 saturated heterocycles. The Bertz CT molecular complexity index is 533. The van der Waals surface area contributed by atoms with Gasteiger partial charge < -0.3 is 9.84 Å². The fraction of sp³-hybridized carbons (Fsp3) is 0.562. The average Bonchev–Trinajstić information content (AvgIpc) is 2.66. The highest BCUT2D eigenvalue weighted by atomic mass is 19.1. The molecule has 5 heteroatoms. The van der Waals surface area contributed by atoms with E-state index >= 15 is 0 Å². The maximum absolute atomic E-state index is 13.1. The summed E-state index contributed by atoms with van der Waals surface area (Å²) < 4.78 is 18.1. The van der Waals surface area contributed by atoms with Gasteiger partial charge in [0.25, 0.3) is 0 Å². The van der Waals surface area contributed by atoms with Gasteiger partial charge in [-0.3, -0.25) is 9.69 Å². The molecule has 5 atom stereocenters. The zero-order valence-corrected chi connectivity index (χ0v) is 12.2. The number of esters is 1. The predicted octanol–water partition coefficient (Wildman–Crippen LogP) is 1.54. The number of piperidine rings is 1. The summed E-state index contributed by atoms with van der Waals surface area (Å²) in [7, 11) is 3.32. The molecule has 0 aliphatic carbocycles. The molecule has 1 aromatic rings. The Labute approximate surface area is 123 Å². The van der Waals surface area contributed by atoms with E-state index in [9.17, 15) is 14.3 Å². The number of rotatable bonds is 2. The maximum atomic E-state index is 13.1. The summed E-state index contributed by atoms with van der Waals surface area (Å²) in [5.74, 6) is -1.05. The summed E-state index contributed by atoms with van der Waals surface area (Å²) in [5, 5.41) is 10.3. The van der Waals surface area contributed by atoms with Crippen molar-refractivity contribution >= 4 is 5.97 Å². The number of aliphatic hydroxyl groups is 1. The van der Waals surface area contributed by atoms with Gasteiger partial charge in [0.1, 0.15) is 5.82 Å². The molecule has 1 aromatic carbocycles. The summed E-state index contributed by atoms with van der Waals surface area (Å²) in [6, 6.07) is 6.31. The first-order valence-corrected chi connectivity index (χ1v) is 7.26. The van der Waals surface area contributed by atoms with Crippen LogP contribution in [0.5, 0.6) is 0 Å². The number of likely N-dealkylation sites (N-methyl/N-ethyl adjacent to an activating group) is 1. The first-order chi connectivity index (χ1) is 10.0. The second-order valence-corrected chi connectivity index (χ2v) is 6.06. The van der Waals surface area contributed by atoms with Crippen LogP contribution in [0.4, 0.5) is 4.39 Å². The topological polar surface area (TPSA) is 49.8 Å². The minimum absolute atomic E-state index is 0.0404. The number of carbonyl (C=O) groups excluding carboxylic acids is 1. The molecule has 0 aromatic heterocycles. The monoisotopic (exact) mass is 293 g/mol. The maximum Gasteiger partial charge on any atom is 0.310 e. The molecule has 4 unspecified atom stereocenters. The van der Waals surface area contributed by atoms with E-state index in [0.29, 0.717) is 6.42 Å². The Morgan fingerprint density at radius 1 is 1.33 bits per heavy atom. The van der Waals surface area contributed by atoms with Gasteiger partial charge in [0.2, 0.25) is 0 Å². The van der Waals surface area contributed by atoms with Crippen LogP contribution in [0, 0.1) is 11.7 Å². The van der Waals surface area contributed by atoms with Crippen molar-refractivity contribution in [1.82, 2.24) is 4.90 Å². The van der Waals surface area contributed by atoms with Gasteiger partial charge >= 0.3 is 5.97 Å². The molecule has 1 N–H and O–H groups in total. The number of benzene rings is 1. The van der Waals surface area contributed by atoms with Gasteiger partial charge in [-0.1, -0.05) is 12.1 Å². The number of fused-ring (bicyclic) bond motifs is 2. The molecule has 0 radical (unpaired) electrons. The standard InChI is InChI=1S/C16H20FNO3/c1-18-11-7-12(9-3-5-10(17)6-4-9)14(16(20)21-2)15(18)13(19)8-11/h3-6,11-15,19H,7-8H2,1-2H3/t11?,12?,13-,14?,15?/m1/s1. The van der Waals surface area contributed by atoms with Crippen LogP contribution >= 0.6 is 0 Å². The SMILES string of the molecule is COC(=O)C1C(c2ccc(F)cc2)CC2C[C@@H](O)C1N2C. The predicted molar refractivity (Wildman–Crippen MR) is 75.2 cm³/mol. The van der Waals surface area contributed by atoms with Crippen molar-refractivity contribution in [3.05, 3.63) is 35.6 Å². The van der Waals surface area contributed by atoms with Crippen molar-refractivity contribution in [1.29, 1.82) is 0 Å². The number of carbonyl (C=O) groups is 1. The Balaban J connectivity index is 1.98.